The van der Waals surface area contributed by atoms with Gasteiger partial charge in [-0.05, 0) is 29.0 Å². The first kappa shape index (κ1) is 19.8. The molecule has 0 radical (unpaired) electrons. The van der Waals surface area contributed by atoms with Crippen LogP contribution >= 0.6 is 11.3 Å². The van der Waals surface area contributed by atoms with E-state index in [4.69, 9.17) is 4.74 Å². The minimum Gasteiger partial charge on any atom is -0.494 e. The summed E-state index contributed by atoms with van der Waals surface area (Å²) >= 11 is 1.62. The number of nitrogens with one attached hydrogen (secondary N) is 3. The lowest BCUT2D eigenvalue weighted by molar-refractivity contribution is -0.114. The number of methoxy groups -OCH3 is 1. The summed E-state index contributed by atoms with van der Waals surface area (Å²) in [7, 11) is 1.51. The van der Waals surface area contributed by atoms with E-state index >= 15 is 0 Å². The van der Waals surface area contributed by atoms with Gasteiger partial charge in [-0.15, -0.1) is 11.3 Å². The molecule has 26 heavy (non-hydrogen) atoms. The number of amides is 3. The Morgan fingerprint density at radius 1 is 1.15 bits per heavy atom. The van der Waals surface area contributed by atoms with E-state index in [2.05, 4.69) is 36.7 Å². The van der Waals surface area contributed by atoms with Crippen molar-refractivity contribution in [1.82, 2.24) is 5.32 Å². The van der Waals surface area contributed by atoms with Gasteiger partial charge in [-0.2, -0.15) is 0 Å². The van der Waals surface area contributed by atoms with Gasteiger partial charge in [-0.25, -0.2) is 4.79 Å². The lowest BCUT2D eigenvalue weighted by Gasteiger charge is -2.30. The van der Waals surface area contributed by atoms with Crippen molar-refractivity contribution in [2.75, 3.05) is 17.7 Å². The van der Waals surface area contributed by atoms with Crippen LogP contribution in [0, 0.1) is 5.41 Å². The minimum atomic E-state index is -0.298. The van der Waals surface area contributed by atoms with E-state index < -0.39 is 0 Å². The zero-order valence-corrected chi connectivity index (χ0v) is 16.5. The molecular weight excluding hydrogens is 350 g/mol. The molecule has 0 aliphatic heterocycles. The van der Waals surface area contributed by atoms with Crippen molar-refractivity contribution >= 4 is 34.6 Å². The number of benzene rings is 1. The van der Waals surface area contributed by atoms with Gasteiger partial charge in [0.15, 0.2) is 0 Å². The topological polar surface area (TPSA) is 79.5 Å². The molecule has 1 aromatic carbocycles. The van der Waals surface area contributed by atoms with Crippen molar-refractivity contribution < 1.29 is 14.3 Å². The molecule has 0 spiro atoms. The van der Waals surface area contributed by atoms with Crippen molar-refractivity contribution in [3.8, 4) is 5.75 Å². The van der Waals surface area contributed by atoms with Gasteiger partial charge in [0, 0.05) is 23.6 Å². The number of hydrogen-bond donors (Lipinski definition) is 3. The molecule has 0 fully saturated rings. The van der Waals surface area contributed by atoms with E-state index in [1.807, 2.05) is 17.5 Å². The summed E-state index contributed by atoms with van der Waals surface area (Å²) in [5, 5.41) is 10.5. The van der Waals surface area contributed by atoms with E-state index in [1.165, 1.54) is 14.0 Å². The maximum absolute atomic E-state index is 12.5. The fourth-order valence-corrected chi connectivity index (χ4v) is 3.55. The quantitative estimate of drug-likeness (QED) is 0.713. The fourth-order valence-electron chi connectivity index (χ4n) is 2.53. The first-order valence-electron chi connectivity index (χ1n) is 8.27. The van der Waals surface area contributed by atoms with Crippen molar-refractivity contribution in [3.05, 3.63) is 40.6 Å². The number of thiophene rings is 1. The minimum absolute atomic E-state index is 0.108. The second-order valence-electron chi connectivity index (χ2n) is 7.01. The van der Waals surface area contributed by atoms with Crippen LogP contribution in [-0.2, 0) is 4.79 Å². The second kappa shape index (κ2) is 8.23. The molecule has 0 aliphatic carbocycles. The van der Waals surface area contributed by atoms with Gasteiger partial charge in [0.2, 0.25) is 5.91 Å². The van der Waals surface area contributed by atoms with Crippen LogP contribution in [0.2, 0.25) is 0 Å². The Bertz CT molecular complexity index is 767. The summed E-state index contributed by atoms with van der Waals surface area (Å²) in [5.74, 6) is 0.286. The summed E-state index contributed by atoms with van der Waals surface area (Å²) in [6.07, 6.45) is 0. The molecule has 1 atom stereocenters. The molecule has 2 aromatic rings. The number of urea groups is 1. The molecule has 0 bridgehead atoms. The Morgan fingerprint density at radius 2 is 1.88 bits per heavy atom. The average molecular weight is 375 g/mol. The van der Waals surface area contributed by atoms with Crippen molar-refractivity contribution in [1.29, 1.82) is 0 Å². The van der Waals surface area contributed by atoms with Gasteiger partial charge in [-0.3, -0.25) is 4.79 Å². The number of hydrogen-bond acceptors (Lipinski definition) is 4. The van der Waals surface area contributed by atoms with E-state index in [0.29, 0.717) is 17.1 Å². The summed E-state index contributed by atoms with van der Waals surface area (Å²) in [5.41, 5.74) is 0.999. The SMILES string of the molecule is COc1cc(NC(=O)NC(c2cccs2)C(C)(C)C)ccc1NC(C)=O. The summed E-state index contributed by atoms with van der Waals surface area (Å²) in [6, 6.07) is 8.66. The molecule has 2 rings (SSSR count). The average Bonchev–Trinajstić information content (AvgIpc) is 3.06. The van der Waals surface area contributed by atoms with Gasteiger partial charge in [0.1, 0.15) is 5.75 Å². The predicted molar refractivity (Wildman–Crippen MR) is 106 cm³/mol. The summed E-state index contributed by atoms with van der Waals surface area (Å²) < 4.78 is 5.28. The zero-order chi connectivity index (χ0) is 19.3. The normalized spacial score (nSPS) is 12.2. The molecule has 6 nitrogen and oxygen atoms in total. The van der Waals surface area contributed by atoms with Gasteiger partial charge in [0.25, 0.3) is 0 Å². The standard InChI is InChI=1S/C19H25N3O3S/c1-12(23)20-14-9-8-13(11-15(14)25-5)21-18(24)22-17(19(2,3)4)16-7-6-10-26-16/h6-11,17H,1-5H3,(H,20,23)(H2,21,22,24). The highest BCUT2D eigenvalue weighted by molar-refractivity contribution is 7.10. The number of rotatable bonds is 5. The second-order valence-corrected chi connectivity index (χ2v) is 7.99. The third-order valence-electron chi connectivity index (χ3n) is 3.74. The largest absolute Gasteiger partial charge is 0.494 e. The smallest absolute Gasteiger partial charge is 0.319 e. The molecule has 1 aromatic heterocycles. The van der Waals surface area contributed by atoms with Gasteiger partial charge >= 0.3 is 6.03 Å². The first-order chi connectivity index (χ1) is 12.2. The lowest BCUT2D eigenvalue weighted by Crippen LogP contribution is -2.38. The van der Waals surface area contributed by atoms with Crippen LogP contribution < -0.4 is 20.7 Å². The number of anilines is 2. The van der Waals surface area contributed by atoms with Crippen LogP contribution in [0.5, 0.6) is 5.75 Å². The monoisotopic (exact) mass is 375 g/mol. The van der Waals surface area contributed by atoms with Crippen molar-refractivity contribution in [2.45, 2.75) is 33.7 Å². The molecule has 3 N–H and O–H groups in total. The van der Waals surface area contributed by atoms with Crippen LogP contribution in [0.15, 0.2) is 35.7 Å². The Morgan fingerprint density at radius 3 is 2.42 bits per heavy atom. The predicted octanol–water partition coefficient (Wildman–Crippen LogP) is 4.62. The van der Waals surface area contributed by atoms with Gasteiger partial charge in [-0.1, -0.05) is 26.8 Å². The highest BCUT2D eigenvalue weighted by Gasteiger charge is 2.28. The van der Waals surface area contributed by atoms with E-state index in [9.17, 15) is 9.59 Å². The maximum atomic E-state index is 12.5. The highest BCUT2D eigenvalue weighted by atomic mass is 32.1. The molecule has 140 valence electrons. The molecule has 7 heteroatoms. The molecule has 3 amide bonds. The third-order valence-corrected chi connectivity index (χ3v) is 4.68. The summed E-state index contributed by atoms with van der Waals surface area (Å²) in [4.78, 5) is 24.8. The van der Waals surface area contributed by atoms with E-state index in [1.54, 1.807) is 29.5 Å². The molecule has 1 unspecified atom stereocenters. The third kappa shape index (κ3) is 5.23. The van der Waals surface area contributed by atoms with Gasteiger partial charge in [0.05, 0.1) is 18.8 Å². The molecule has 0 saturated carbocycles. The molecule has 0 saturated heterocycles. The van der Waals surface area contributed by atoms with Crippen LogP contribution in [-0.4, -0.2) is 19.0 Å². The van der Waals surface area contributed by atoms with Crippen LogP contribution in [0.25, 0.3) is 0 Å². The molecular formula is C19H25N3O3S. The lowest BCUT2D eigenvalue weighted by atomic mass is 9.86. The Balaban J connectivity index is 2.12. The highest BCUT2D eigenvalue weighted by Crippen LogP contribution is 2.35. The van der Waals surface area contributed by atoms with E-state index in [0.717, 1.165) is 4.88 Å². The fraction of sp³-hybridized carbons (Fsp3) is 0.368. The Kier molecular flexibility index (Phi) is 6.26. The number of carbonyl (C=O) groups excluding carboxylic acids is 2. The van der Waals surface area contributed by atoms with Crippen molar-refractivity contribution in [3.63, 3.8) is 0 Å². The van der Waals surface area contributed by atoms with Crippen LogP contribution in [0.3, 0.4) is 0 Å². The Hall–Kier alpha value is -2.54. The van der Waals surface area contributed by atoms with Crippen LogP contribution in [0.1, 0.15) is 38.6 Å². The first-order valence-corrected chi connectivity index (χ1v) is 9.15. The van der Waals surface area contributed by atoms with E-state index in [-0.39, 0.29) is 23.4 Å². The maximum Gasteiger partial charge on any atom is 0.319 e. The van der Waals surface area contributed by atoms with Crippen LogP contribution in [0.4, 0.5) is 16.2 Å². The van der Waals surface area contributed by atoms with Gasteiger partial charge < -0.3 is 20.7 Å². The van der Waals surface area contributed by atoms with Crippen molar-refractivity contribution in [2.24, 2.45) is 5.41 Å². The number of carbonyl (C=O) groups is 2. The number of ether oxygens (including phenoxy) is 1. The summed E-state index contributed by atoms with van der Waals surface area (Å²) in [6.45, 7) is 7.69. The molecule has 0 aliphatic rings. The Labute approximate surface area is 157 Å². The zero-order valence-electron chi connectivity index (χ0n) is 15.7. The molecule has 1 heterocycles.